The third-order valence-corrected chi connectivity index (χ3v) is 3.13. The third-order valence-electron chi connectivity index (χ3n) is 2.38. The minimum Gasteiger partial charge on any atom is -0.311 e. The zero-order valence-corrected chi connectivity index (χ0v) is 9.35. The van der Waals surface area contributed by atoms with Gasteiger partial charge in [-0.05, 0) is 34.5 Å². The second kappa shape index (κ2) is 3.89. The van der Waals surface area contributed by atoms with E-state index in [4.69, 9.17) is 0 Å². The number of nitrogens with zero attached hydrogens (tertiary/aromatic N) is 1. The number of hydrogen-bond donors (Lipinski definition) is 0. The number of carbonyl (C=O) groups excluding carboxylic acids is 1. The smallest absolute Gasteiger partial charge is 0.227 e. The highest BCUT2D eigenvalue weighted by atomic mass is 79.9. The third kappa shape index (κ3) is 1.76. The predicted molar refractivity (Wildman–Crippen MR) is 55.6 cm³/mol. The second-order valence-electron chi connectivity index (χ2n) is 3.34. The number of halogens is 3. The number of hydrogen-bond acceptors (Lipinski definition) is 1. The van der Waals surface area contributed by atoms with E-state index in [0.717, 1.165) is 12.5 Å². The van der Waals surface area contributed by atoms with Crippen LogP contribution >= 0.6 is 15.9 Å². The van der Waals surface area contributed by atoms with Gasteiger partial charge in [0, 0.05) is 13.0 Å². The van der Waals surface area contributed by atoms with E-state index in [1.165, 1.54) is 11.0 Å². The van der Waals surface area contributed by atoms with Gasteiger partial charge < -0.3 is 4.90 Å². The Hall–Kier alpha value is -0.970. The van der Waals surface area contributed by atoms with Gasteiger partial charge in [0.2, 0.25) is 5.91 Å². The van der Waals surface area contributed by atoms with Crippen LogP contribution in [0.15, 0.2) is 16.6 Å². The fourth-order valence-corrected chi connectivity index (χ4v) is 2.16. The van der Waals surface area contributed by atoms with Gasteiger partial charge in [-0.15, -0.1) is 0 Å². The summed E-state index contributed by atoms with van der Waals surface area (Å²) < 4.78 is 26.1. The van der Waals surface area contributed by atoms with Crippen LogP contribution in [-0.4, -0.2) is 12.5 Å². The molecule has 0 atom stereocenters. The average Bonchev–Trinajstić information content (AvgIpc) is 2.62. The molecule has 1 aromatic carbocycles. The summed E-state index contributed by atoms with van der Waals surface area (Å²) in [4.78, 5) is 12.9. The van der Waals surface area contributed by atoms with Gasteiger partial charge in [0.15, 0.2) is 11.6 Å². The van der Waals surface area contributed by atoms with Crippen molar-refractivity contribution in [1.29, 1.82) is 0 Å². The van der Waals surface area contributed by atoms with Gasteiger partial charge in [0.25, 0.3) is 0 Å². The van der Waals surface area contributed by atoms with E-state index in [-0.39, 0.29) is 10.4 Å². The van der Waals surface area contributed by atoms with Crippen LogP contribution in [0.3, 0.4) is 0 Å². The molecule has 0 aromatic heterocycles. The van der Waals surface area contributed by atoms with Gasteiger partial charge in [-0.3, -0.25) is 4.79 Å². The van der Waals surface area contributed by atoms with Gasteiger partial charge in [-0.1, -0.05) is 0 Å². The van der Waals surface area contributed by atoms with Gasteiger partial charge in [-0.25, -0.2) is 8.78 Å². The van der Waals surface area contributed by atoms with E-state index in [0.29, 0.717) is 18.7 Å². The number of anilines is 1. The lowest BCUT2D eigenvalue weighted by molar-refractivity contribution is -0.117. The Morgan fingerprint density at radius 3 is 2.67 bits per heavy atom. The Labute approximate surface area is 94.0 Å². The maximum absolute atomic E-state index is 13.2. The van der Waals surface area contributed by atoms with Crippen molar-refractivity contribution >= 4 is 27.5 Å². The molecule has 0 aliphatic carbocycles. The molecule has 1 fully saturated rings. The lowest BCUT2D eigenvalue weighted by Gasteiger charge is -2.17. The van der Waals surface area contributed by atoms with E-state index in [1.54, 1.807) is 0 Å². The molecular weight excluding hydrogens is 268 g/mol. The number of rotatable bonds is 1. The Balaban J connectivity index is 2.45. The van der Waals surface area contributed by atoms with Gasteiger partial charge >= 0.3 is 0 Å². The molecule has 0 N–H and O–H groups in total. The first-order chi connectivity index (χ1) is 7.11. The fourth-order valence-electron chi connectivity index (χ4n) is 1.63. The van der Waals surface area contributed by atoms with E-state index < -0.39 is 11.6 Å². The number of amides is 1. The minimum atomic E-state index is -0.952. The topological polar surface area (TPSA) is 20.3 Å². The molecule has 0 unspecified atom stereocenters. The van der Waals surface area contributed by atoms with Crippen molar-refractivity contribution in [3.05, 3.63) is 28.2 Å². The fraction of sp³-hybridized carbons (Fsp3) is 0.300. The molecule has 1 aliphatic rings. The normalized spacial score (nSPS) is 16.2. The largest absolute Gasteiger partial charge is 0.311 e. The van der Waals surface area contributed by atoms with Gasteiger partial charge in [0.05, 0.1) is 10.2 Å². The summed E-state index contributed by atoms with van der Waals surface area (Å²) >= 11 is 2.96. The molecule has 0 bridgehead atoms. The van der Waals surface area contributed by atoms with Crippen LogP contribution < -0.4 is 4.90 Å². The van der Waals surface area contributed by atoms with Crippen molar-refractivity contribution in [2.24, 2.45) is 0 Å². The van der Waals surface area contributed by atoms with Crippen molar-refractivity contribution in [2.45, 2.75) is 12.8 Å². The van der Waals surface area contributed by atoms with Crippen LogP contribution in [-0.2, 0) is 4.79 Å². The first-order valence-corrected chi connectivity index (χ1v) is 5.34. The van der Waals surface area contributed by atoms with Crippen LogP contribution in [0.1, 0.15) is 12.8 Å². The van der Waals surface area contributed by atoms with Crippen LogP contribution in [0, 0.1) is 11.6 Å². The summed E-state index contributed by atoms with van der Waals surface area (Å²) in [5, 5.41) is 0. The summed E-state index contributed by atoms with van der Waals surface area (Å²) in [6, 6.07) is 2.44. The standard InChI is InChI=1S/C10H8BrF2NO/c11-9-7(4-3-6(12)10(9)13)14-5-1-2-8(14)15/h3-4H,1-2,5H2. The molecule has 80 valence electrons. The molecule has 0 spiro atoms. The maximum Gasteiger partial charge on any atom is 0.227 e. The van der Waals surface area contributed by atoms with Crippen molar-refractivity contribution in [2.75, 3.05) is 11.4 Å². The Morgan fingerprint density at radius 1 is 1.33 bits per heavy atom. The van der Waals surface area contributed by atoms with Crippen LogP contribution in [0.4, 0.5) is 14.5 Å². The SMILES string of the molecule is O=C1CCCN1c1ccc(F)c(F)c1Br. The van der Waals surface area contributed by atoms with E-state index in [1.807, 2.05) is 0 Å². The molecule has 1 aliphatic heterocycles. The highest BCUT2D eigenvalue weighted by Gasteiger charge is 2.25. The van der Waals surface area contributed by atoms with Crippen molar-refractivity contribution in [1.82, 2.24) is 0 Å². The molecule has 15 heavy (non-hydrogen) atoms. The highest BCUT2D eigenvalue weighted by Crippen LogP contribution is 2.32. The molecule has 1 aromatic rings. The molecule has 2 nitrogen and oxygen atoms in total. The molecule has 1 saturated heterocycles. The summed E-state index contributed by atoms with van der Waals surface area (Å²) in [6.07, 6.45) is 1.22. The second-order valence-corrected chi connectivity index (χ2v) is 4.14. The van der Waals surface area contributed by atoms with Crippen LogP contribution in [0.2, 0.25) is 0 Å². The Kier molecular flexibility index (Phi) is 2.73. The van der Waals surface area contributed by atoms with E-state index in [9.17, 15) is 13.6 Å². The van der Waals surface area contributed by atoms with Crippen LogP contribution in [0.25, 0.3) is 0 Å². The monoisotopic (exact) mass is 275 g/mol. The van der Waals surface area contributed by atoms with Gasteiger partial charge in [0.1, 0.15) is 0 Å². The Morgan fingerprint density at radius 2 is 2.07 bits per heavy atom. The minimum absolute atomic E-state index is 0.0118. The lowest BCUT2D eigenvalue weighted by atomic mass is 10.3. The zero-order chi connectivity index (χ0) is 11.0. The molecule has 1 heterocycles. The molecule has 0 saturated carbocycles. The van der Waals surface area contributed by atoms with Gasteiger partial charge in [-0.2, -0.15) is 0 Å². The van der Waals surface area contributed by atoms with E-state index >= 15 is 0 Å². The summed E-state index contributed by atoms with van der Waals surface area (Å²) in [5.41, 5.74) is 0.399. The zero-order valence-electron chi connectivity index (χ0n) is 7.77. The number of benzene rings is 1. The Bertz CT molecular complexity index is 422. The first kappa shape index (κ1) is 10.5. The lowest BCUT2D eigenvalue weighted by Crippen LogP contribution is -2.24. The maximum atomic E-state index is 13.2. The van der Waals surface area contributed by atoms with Crippen molar-refractivity contribution in [3.63, 3.8) is 0 Å². The highest BCUT2D eigenvalue weighted by molar-refractivity contribution is 9.10. The molecule has 1 amide bonds. The molecule has 0 radical (unpaired) electrons. The summed E-state index contributed by atoms with van der Waals surface area (Å²) in [7, 11) is 0. The molecule has 2 rings (SSSR count). The quantitative estimate of drug-likeness (QED) is 0.722. The van der Waals surface area contributed by atoms with Crippen LogP contribution in [0.5, 0.6) is 0 Å². The predicted octanol–water partition coefficient (Wildman–Crippen LogP) is 2.85. The summed E-state index contributed by atoms with van der Waals surface area (Å²) in [6.45, 7) is 0.558. The first-order valence-electron chi connectivity index (χ1n) is 4.55. The van der Waals surface area contributed by atoms with Crippen molar-refractivity contribution in [3.8, 4) is 0 Å². The van der Waals surface area contributed by atoms with Crippen molar-refractivity contribution < 1.29 is 13.6 Å². The molecular formula is C10H8BrF2NO. The molecule has 5 heteroatoms. The van der Waals surface area contributed by atoms with E-state index in [2.05, 4.69) is 15.9 Å². The summed E-state index contributed by atoms with van der Waals surface area (Å²) in [5.74, 6) is -1.92. The average molecular weight is 276 g/mol. The number of carbonyl (C=O) groups is 1.